The maximum Gasteiger partial charge on any atom is 0.313 e. The Morgan fingerprint density at radius 2 is 2.24 bits per heavy atom. The van der Waals surface area contributed by atoms with Gasteiger partial charge in [-0.05, 0) is 30.4 Å². The molecule has 0 bridgehead atoms. The number of ether oxygens (including phenoxy) is 1. The van der Waals surface area contributed by atoms with Crippen LogP contribution in [0.25, 0.3) is 0 Å². The van der Waals surface area contributed by atoms with Crippen LogP contribution in [0.15, 0.2) is 36.4 Å². The Morgan fingerprint density at radius 3 is 3.06 bits per heavy atom. The Bertz CT molecular complexity index is 489. The van der Waals surface area contributed by atoms with Crippen LogP contribution in [0.2, 0.25) is 0 Å². The average molecular weight is 228 g/mol. The van der Waals surface area contributed by atoms with E-state index in [2.05, 4.69) is 30.4 Å². The van der Waals surface area contributed by atoms with Gasteiger partial charge in [0.05, 0.1) is 12.5 Å². The lowest BCUT2D eigenvalue weighted by atomic mass is 9.70. The molecule has 0 N–H and O–H groups in total. The van der Waals surface area contributed by atoms with Gasteiger partial charge in [-0.2, -0.15) is 0 Å². The maximum absolute atomic E-state index is 12.2. The number of methoxy groups -OCH3 is 1. The molecule has 0 saturated carbocycles. The minimum absolute atomic E-state index is 0.0527. The lowest BCUT2D eigenvalue weighted by molar-refractivity contribution is -0.153. The molecule has 0 heterocycles. The second kappa shape index (κ2) is 3.73. The van der Waals surface area contributed by atoms with Crippen molar-refractivity contribution in [2.45, 2.75) is 25.2 Å². The van der Waals surface area contributed by atoms with Crippen LogP contribution < -0.4 is 0 Å². The first-order valence-electron chi connectivity index (χ1n) is 6.11. The summed E-state index contributed by atoms with van der Waals surface area (Å²) in [5.41, 5.74) is 2.26. The average Bonchev–Trinajstić information content (AvgIpc) is 2.73. The van der Waals surface area contributed by atoms with Crippen molar-refractivity contribution in [2.24, 2.45) is 5.41 Å². The predicted octanol–water partition coefficient (Wildman–Crippen LogP) is 2.84. The van der Waals surface area contributed by atoms with Gasteiger partial charge in [-0.1, -0.05) is 36.4 Å². The van der Waals surface area contributed by atoms with E-state index in [0.29, 0.717) is 0 Å². The zero-order chi connectivity index (χ0) is 11.9. The van der Waals surface area contributed by atoms with Gasteiger partial charge in [-0.25, -0.2) is 0 Å². The van der Waals surface area contributed by atoms with E-state index in [1.807, 2.05) is 6.07 Å². The molecule has 88 valence electrons. The minimum Gasteiger partial charge on any atom is -0.469 e. The van der Waals surface area contributed by atoms with Gasteiger partial charge < -0.3 is 4.74 Å². The summed E-state index contributed by atoms with van der Waals surface area (Å²) in [5, 5.41) is 0. The molecular weight excluding hydrogens is 212 g/mol. The highest BCUT2D eigenvalue weighted by Gasteiger charge is 2.51. The molecule has 2 heteroatoms. The topological polar surface area (TPSA) is 26.3 Å². The Balaban J connectivity index is 2.12. The largest absolute Gasteiger partial charge is 0.469 e. The van der Waals surface area contributed by atoms with Crippen LogP contribution in [0, 0.1) is 5.41 Å². The number of hydrogen-bond donors (Lipinski definition) is 0. The smallest absolute Gasteiger partial charge is 0.313 e. The molecule has 0 saturated heterocycles. The lowest BCUT2D eigenvalue weighted by Gasteiger charge is -2.33. The van der Waals surface area contributed by atoms with E-state index in [-0.39, 0.29) is 17.3 Å². The molecule has 0 radical (unpaired) electrons. The SMILES string of the molecule is COC(=O)[C@]12CCC=C[C@H]1c1ccccc1C2. The number of fused-ring (bicyclic) bond motifs is 3. The number of allylic oxidation sites excluding steroid dienone is 2. The summed E-state index contributed by atoms with van der Waals surface area (Å²) in [5.74, 6) is 0.156. The minimum atomic E-state index is -0.340. The van der Waals surface area contributed by atoms with Gasteiger partial charge in [0.15, 0.2) is 0 Å². The summed E-state index contributed by atoms with van der Waals surface area (Å²) in [6.07, 6.45) is 7.07. The van der Waals surface area contributed by atoms with Gasteiger partial charge in [0.1, 0.15) is 0 Å². The molecule has 0 fully saturated rings. The van der Waals surface area contributed by atoms with Crippen molar-refractivity contribution in [3.63, 3.8) is 0 Å². The fourth-order valence-corrected chi connectivity index (χ4v) is 3.36. The fourth-order valence-electron chi connectivity index (χ4n) is 3.36. The van der Waals surface area contributed by atoms with Crippen molar-refractivity contribution in [2.75, 3.05) is 7.11 Å². The molecular formula is C15H16O2. The monoisotopic (exact) mass is 228 g/mol. The van der Waals surface area contributed by atoms with Crippen molar-refractivity contribution in [3.05, 3.63) is 47.5 Å². The Hall–Kier alpha value is -1.57. The number of carbonyl (C=O) groups is 1. The highest BCUT2D eigenvalue weighted by atomic mass is 16.5. The van der Waals surface area contributed by atoms with Gasteiger partial charge in [0, 0.05) is 5.92 Å². The van der Waals surface area contributed by atoms with E-state index in [1.165, 1.54) is 18.2 Å². The summed E-state index contributed by atoms with van der Waals surface area (Å²) in [4.78, 5) is 12.2. The fraction of sp³-hybridized carbons (Fsp3) is 0.400. The highest BCUT2D eigenvalue weighted by Crippen LogP contribution is 2.53. The molecule has 17 heavy (non-hydrogen) atoms. The summed E-state index contributed by atoms with van der Waals surface area (Å²) >= 11 is 0. The zero-order valence-corrected chi connectivity index (χ0v) is 9.98. The summed E-state index contributed by atoms with van der Waals surface area (Å²) in [6.45, 7) is 0. The van der Waals surface area contributed by atoms with E-state index >= 15 is 0 Å². The quantitative estimate of drug-likeness (QED) is 0.545. The van der Waals surface area contributed by atoms with Crippen LogP contribution in [0.4, 0.5) is 0 Å². The van der Waals surface area contributed by atoms with E-state index < -0.39 is 0 Å². The second-order valence-corrected chi connectivity index (χ2v) is 4.97. The number of hydrogen-bond acceptors (Lipinski definition) is 2. The third kappa shape index (κ3) is 1.36. The lowest BCUT2D eigenvalue weighted by Crippen LogP contribution is -2.37. The van der Waals surface area contributed by atoms with E-state index in [0.717, 1.165) is 19.3 Å². The molecule has 0 aliphatic heterocycles. The third-order valence-corrected chi connectivity index (χ3v) is 4.17. The number of rotatable bonds is 1. The molecule has 2 atom stereocenters. The normalized spacial score (nSPS) is 29.6. The Kier molecular flexibility index (Phi) is 2.32. The molecule has 1 aromatic carbocycles. The third-order valence-electron chi connectivity index (χ3n) is 4.17. The molecule has 3 rings (SSSR count). The van der Waals surface area contributed by atoms with Crippen molar-refractivity contribution < 1.29 is 9.53 Å². The Morgan fingerprint density at radius 1 is 1.41 bits per heavy atom. The number of carbonyl (C=O) groups excluding carboxylic acids is 1. The van der Waals surface area contributed by atoms with Crippen LogP contribution in [-0.2, 0) is 16.0 Å². The standard InChI is InChI=1S/C15H16O2/c1-17-14(16)15-9-5-4-8-13(15)12-7-3-2-6-11(12)10-15/h2-4,6-8,13H,5,9-10H2,1H3/t13-,15-/m0/s1. The van der Waals surface area contributed by atoms with E-state index in [1.54, 1.807) is 0 Å². The van der Waals surface area contributed by atoms with Crippen LogP contribution in [-0.4, -0.2) is 13.1 Å². The molecule has 0 aromatic heterocycles. The molecule has 0 spiro atoms. The van der Waals surface area contributed by atoms with E-state index in [9.17, 15) is 4.79 Å². The van der Waals surface area contributed by atoms with Gasteiger partial charge in [-0.15, -0.1) is 0 Å². The first kappa shape index (κ1) is 10.6. The molecule has 2 nitrogen and oxygen atoms in total. The van der Waals surface area contributed by atoms with Crippen molar-refractivity contribution in [1.82, 2.24) is 0 Å². The van der Waals surface area contributed by atoms with E-state index in [4.69, 9.17) is 4.74 Å². The van der Waals surface area contributed by atoms with Crippen LogP contribution in [0.1, 0.15) is 29.9 Å². The first-order chi connectivity index (χ1) is 8.28. The number of esters is 1. The van der Waals surface area contributed by atoms with Crippen molar-refractivity contribution in [3.8, 4) is 0 Å². The number of benzene rings is 1. The molecule has 2 aliphatic carbocycles. The summed E-state index contributed by atoms with van der Waals surface area (Å²) < 4.78 is 5.05. The van der Waals surface area contributed by atoms with Crippen molar-refractivity contribution in [1.29, 1.82) is 0 Å². The summed E-state index contributed by atoms with van der Waals surface area (Å²) in [7, 11) is 1.50. The van der Waals surface area contributed by atoms with Gasteiger partial charge in [0.25, 0.3) is 0 Å². The molecule has 1 aromatic rings. The van der Waals surface area contributed by atoms with Crippen LogP contribution >= 0.6 is 0 Å². The first-order valence-corrected chi connectivity index (χ1v) is 6.11. The second-order valence-electron chi connectivity index (χ2n) is 4.97. The highest BCUT2D eigenvalue weighted by molar-refractivity contribution is 5.81. The predicted molar refractivity (Wildman–Crippen MR) is 65.7 cm³/mol. The zero-order valence-electron chi connectivity index (χ0n) is 9.98. The summed E-state index contributed by atoms with van der Waals surface area (Å²) in [6, 6.07) is 8.37. The van der Waals surface area contributed by atoms with Gasteiger partial charge >= 0.3 is 5.97 Å². The molecule has 2 aliphatic rings. The molecule has 0 amide bonds. The van der Waals surface area contributed by atoms with Crippen LogP contribution in [0.3, 0.4) is 0 Å². The van der Waals surface area contributed by atoms with Gasteiger partial charge in [-0.3, -0.25) is 4.79 Å². The van der Waals surface area contributed by atoms with Gasteiger partial charge in [0.2, 0.25) is 0 Å². The molecule has 0 unspecified atom stereocenters. The van der Waals surface area contributed by atoms with Crippen molar-refractivity contribution >= 4 is 5.97 Å². The van der Waals surface area contributed by atoms with Crippen LogP contribution in [0.5, 0.6) is 0 Å². The maximum atomic E-state index is 12.2. The Labute approximate surface area is 101 Å².